The number of likely N-dealkylation sites (N-methyl/N-ethyl adjacent to an activating group) is 1. The first-order chi connectivity index (χ1) is 7.27. The molecule has 1 aliphatic heterocycles. The lowest BCUT2D eigenvalue weighted by Crippen LogP contribution is -2.37. The summed E-state index contributed by atoms with van der Waals surface area (Å²) >= 11 is 0. The summed E-state index contributed by atoms with van der Waals surface area (Å²) in [5, 5.41) is 0. The molecule has 1 saturated heterocycles. The zero-order valence-corrected chi connectivity index (χ0v) is 9.52. The fraction of sp³-hybridized carbons (Fsp3) is 0.538. The van der Waals surface area contributed by atoms with Crippen LogP contribution < -0.4 is 4.74 Å². The Morgan fingerprint density at radius 3 is 2.67 bits per heavy atom. The minimum Gasteiger partial charge on any atom is -0.489 e. The van der Waals surface area contributed by atoms with Gasteiger partial charge in [-0.3, -0.25) is 4.90 Å². The molecule has 1 aromatic rings. The lowest BCUT2D eigenvalue weighted by Gasteiger charge is -2.26. The molecule has 0 saturated carbocycles. The highest BCUT2D eigenvalue weighted by Crippen LogP contribution is 2.21. The Morgan fingerprint density at radius 1 is 1.33 bits per heavy atom. The molecule has 2 unspecified atom stereocenters. The van der Waals surface area contributed by atoms with E-state index >= 15 is 0 Å². The van der Waals surface area contributed by atoms with E-state index in [2.05, 4.69) is 18.9 Å². The summed E-state index contributed by atoms with van der Waals surface area (Å²) in [4.78, 5) is 2.40. The van der Waals surface area contributed by atoms with Gasteiger partial charge in [0.15, 0.2) is 0 Å². The van der Waals surface area contributed by atoms with Crippen LogP contribution >= 0.6 is 0 Å². The van der Waals surface area contributed by atoms with Gasteiger partial charge >= 0.3 is 0 Å². The molecule has 1 fully saturated rings. The third kappa shape index (κ3) is 2.51. The zero-order chi connectivity index (χ0) is 10.7. The summed E-state index contributed by atoms with van der Waals surface area (Å²) in [6.45, 7) is 3.37. The Morgan fingerprint density at radius 2 is 2.07 bits per heavy atom. The Balaban J connectivity index is 1.94. The Kier molecular flexibility index (Phi) is 3.27. The molecule has 1 aliphatic rings. The van der Waals surface area contributed by atoms with Crippen LogP contribution in [-0.2, 0) is 0 Å². The van der Waals surface area contributed by atoms with E-state index in [0.29, 0.717) is 6.04 Å². The first-order valence-corrected chi connectivity index (χ1v) is 5.69. The number of para-hydroxylation sites is 1. The quantitative estimate of drug-likeness (QED) is 0.752. The summed E-state index contributed by atoms with van der Waals surface area (Å²) in [5.74, 6) is 0.977. The van der Waals surface area contributed by atoms with Crippen LogP contribution in [0.3, 0.4) is 0 Å². The van der Waals surface area contributed by atoms with Crippen molar-refractivity contribution in [2.75, 3.05) is 13.6 Å². The maximum Gasteiger partial charge on any atom is 0.119 e. The number of nitrogens with zero attached hydrogens (tertiary/aromatic N) is 1. The van der Waals surface area contributed by atoms with E-state index in [-0.39, 0.29) is 6.10 Å². The Labute approximate surface area is 91.9 Å². The van der Waals surface area contributed by atoms with E-state index in [0.717, 1.165) is 5.75 Å². The average molecular weight is 205 g/mol. The molecule has 0 radical (unpaired) electrons. The second-order valence-electron chi connectivity index (χ2n) is 4.33. The van der Waals surface area contributed by atoms with Crippen LogP contribution in [0.5, 0.6) is 5.75 Å². The molecular formula is C13H19NO. The van der Waals surface area contributed by atoms with Crippen LogP contribution in [0.2, 0.25) is 0 Å². The topological polar surface area (TPSA) is 12.5 Å². The van der Waals surface area contributed by atoms with Gasteiger partial charge < -0.3 is 4.74 Å². The van der Waals surface area contributed by atoms with Crippen molar-refractivity contribution in [3.8, 4) is 5.75 Å². The number of likely N-dealkylation sites (tertiary alicyclic amines) is 1. The lowest BCUT2D eigenvalue weighted by molar-refractivity contribution is 0.121. The van der Waals surface area contributed by atoms with Gasteiger partial charge in [0.05, 0.1) is 0 Å². The predicted octanol–water partition coefficient (Wildman–Crippen LogP) is 2.55. The molecule has 0 N–H and O–H groups in total. The van der Waals surface area contributed by atoms with Crippen molar-refractivity contribution in [3.05, 3.63) is 30.3 Å². The van der Waals surface area contributed by atoms with E-state index in [1.54, 1.807) is 0 Å². The highest BCUT2D eigenvalue weighted by Gasteiger charge is 2.27. The number of hydrogen-bond acceptors (Lipinski definition) is 2. The molecule has 0 aromatic heterocycles. The molecule has 2 nitrogen and oxygen atoms in total. The van der Waals surface area contributed by atoms with E-state index in [9.17, 15) is 0 Å². The van der Waals surface area contributed by atoms with Gasteiger partial charge in [-0.15, -0.1) is 0 Å². The molecule has 2 heteroatoms. The SMILES string of the molecule is CC(Oc1ccccc1)C1CCCN1C. The minimum absolute atomic E-state index is 0.278. The highest BCUT2D eigenvalue weighted by molar-refractivity contribution is 5.21. The Bertz CT molecular complexity index is 299. The third-order valence-corrected chi connectivity index (χ3v) is 3.18. The molecule has 82 valence electrons. The maximum absolute atomic E-state index is 5.93. The van der Waals surface area contributed by atoms with Crippen molar-refractivity contribution >= 4 is 0 Å². The highest BCUT2D eigenvalue weighted by atomic mass is 16.5. The second kappa shape index (κ2) is 4.67. The average Bonchev–Trinajstić information content (AvgIpc) is 2.66. The van der Waals surface area contributed by atoms with E-state index < -0.39 is 0 Å². The van der Waals surface area contributed by atoms with Gasteiger partial charge in [0.25, 0.3) is 0 Å². The van der Waals surface area contributed by atoms with Gasteiger partial charge in [0, 0.05) is 6.04 Å². The first kappa shape index (κ1) is 10.5. The van der Waals surface area contributed by atoms with Gasteiger partial charge in [-0.2, -0.15) is 0 Å². The molecule has 0 amide bonds. The molecule has 1 heterocycles. The fourth-order valence-corrected chi connectivity index (χ4v) is 2.32. The summed E-state index contributed by atoms with van der Waals surface area (Å²) < 4.78 is 5.93. The third-order valence-electron chi connectivity index (χ3n) is 3.18. The molecule has 1 aromatic carbocycles. The molecule has 0 aliphatic carbocycles. The van der Waals surface area contributed by atoms with Gasteiger partial charge in [-0.05, 0) is 45.5 Å². The summed E-state index contributed by atoms with van der Waals surface area (Å²) in [5.41, 5.74) is 0. The first-order valence-electron chi connectivity index (χ1n) is 5.69. The van der Waals surface area contributed by atoms with Crippen LogP contribution in [0.25, 0.3) is 0 Å². The van der Waals surface area contributed by atoms with Crippen LogP contribution in [0.4, 0.5) is 0 Å². The molecule has 0 spiro atoms. The summed E-state index contributed by atoms with van der Waals surface area (Å²) in [6, 6.07) is 10.7. The van der Waals surface area contributed by atoms with Crippen molar-refractivity contribution in [2.24, 2.45) is 0 Å². The number of ether oxygens (including phenoxy) is 1. The maximum atomic E-state index is 5.93. The van der Waals surface area contributed by atoms with Gasteiger partial charge in [-0.1, -0.05) is 18.2 Å². The second-order valence-corrected chi connectivity index (χ2v) is 4.33. The normalized spacial score (nSPS) is 24.0. The molecule has 2 atom stereocenters. The van der Waals surface area contributed by atoms with Gasteiger partial charge in [0.1, 0.15) is 11.9 Å². The summed E-state index contributed by atoms with van der Waals surface area (Å²) in [7, 11) is 2.18. The molecular weight excluding hydrogens is 186 g/mol. The molecule has 15 heavy (non-hydrogen) atoms. The van der Waals surface area contributed by atoms with Crippen molar-refractivity contribution in [2.45, 2.75) is 31.9 Å². The lowest BCUT2D eigenvalue weighted by atomic mass is 10.1. The van der Waals surface area contributed by atoms with Crippen molar-refractivity contribution in [1.29, 1.82) is 0 Å². The minimum atomic E-state index is 0.278. The van der Waals surface area contributed by atoms with Crippen molar-refractivity contribution in [3.63, 3.8) is 0 Å². The number of hydrogen-bond donors (Lipinski definition) is 0. The van der Waals surface area contributed by atoms with Crippen LogP contribution in [0.1, 0.15) is 19.8 Å². The van der Waals surface area contributed by atoms with Crippen molar-refractivity contribution in [1.82, 2.24) is 4.90 Å². The Hall–Kier alpha value is -1.02. The number of benzene rings is 1. The predicted molar refractivity (Wildman–Crippen MR) is 62.2 cm³/mol. The van der Waals surface area contributed by atoms with E-state index in [1.165, 1.54) is 19.4 Å². The van der Waals surface area contributed by atoms with Crippen LogP contribution in [0.15, 0.2) is 30.3 Å². The zero-order valence-electron chi connectivity index (χ0n) is 9.52. The van der Waals surface area contributed by atoms with Crippen molar-refractivity contribution < 1.29 is 4.74 Å². The van der Waals surface area contributed by atoms with E-state index in [4.69, 9.17) is 4.74 Å². The largest absolute Gasteiger partial charge is 0.489 e. The smallest absolute Gasteiger partial charge is 0.119 e. The summed E-state index contributed by atoms with van der Waals surface area (Å²) in [6.07, 6.45) is 2.83. The van der Waals surface area contributed by atoms with E-state index in [1.807, 2.05) is 30.3 Å². The van der Waals surface area contributed by atoms with Gasteiger partial charge in [-0.25, -0.2) is 0 Å². The van der Waals surface area contributed by atoms with Gasteiger partial charge in [0.2, 0.25) is 0 Å². The van der Waals surface area contributed by atoms with Crippen LogP contribution in [0, 0.1) is 0 Å². The molecule has 2 rings (SSSR count). The standard InChI is InChI=1S/C13H19NO/c1-11(13-9-6-10-14(13)2)15-12-7-4-3-5-8-12/h3-5,7-8,11,13H,6,9-10H2,1-2H3. The monoisotopic (exact) mass is 205 g/mol. The van der Waals surface area contributed by atoms with Crippen LogP contribution in [-0.4, -0.2) is 30.6 Å². The fourth-order valence-electron chi connectivity index (χ4n) is 2.32. The molecule has 0 bridgehead atoms. The number of rotatable bonds is 3.